The van der Waals surface area contributed by atoms with E-state index in [9.17, 15) is 0 Å². The molecule has 1 aromatic carbocycles. The van der Waals surface area contributed by atoms with Gasteiger partial charge < -0.3 is 4.42 Å². The summed E-state index contributed by atoms with van der Waals surface area (Å²) in [6.45, 7) is 1.88. The number of hydrogen-bond donors (Lipinski definition) is 0. The molecule has 94 valence electrons. The van der Waals surface area contributed by atoms with Crippen molar-refractivity contribution < 1.29 is 4.42 Å². The molecule has 1 aliphatic rings. The third-order valence-electron chi connectivity index (χ3n) is 3.33. The highest BCUT2D eigenvalue weighted by Crippen LogP contribution is 2.31. The number of nitrogens with zero attached hydrogens (tertiary/aromatic N) is 1. The first-order chi connectivity index (χ1) is 8.83. The minimum atomic E-state index is 0.724. The van der Waals surface area contributed by atoms with Crippen molar-refractivity contribution in [2.45, 2.75) is 32.0 Å². The molecule has 2 aromatic rings. The monoisotopic (exact) mass is 305 g/mol. The zero-order valence-corrected chi connectivity index (χ0v) is 11.8. The highest BCUT2D eigenvalue weighted by Gasteiger charge is 2.29. The first kappa shape index (κ1) is 12.0. The molecule has 1 fully saturated rings. The Hall–Kier alpha value is -1.06. The quantitative estimate of drug-likeness (QED) is 0.823. The molecule has 0 N–H and O–H groups in total. The van der Waals surface area contributed by atoms with Crippen LogP contribution in [0.1, 0.15) is 24.2 Å². The summed E-state index contributed by atoms with van der Waals surface area (Å²) in [5.41, 5.74) is 1.34. The molecule has 1 aliphatic carbocycles. The van der Waals surface area contributed by atoms with Crippen LogP contribution in [0, 0.1) is 0 Å². The lowest BCUT2D eigenvalue weighted by Gasteiger charge is -2.21. The van der Waals surface area contributed by atoms with Gasteiger partial charge in [0.1, 0.15) is 5.76 Å². The first-order valence-electron chi connectivity index (χ1n) is 6.33. The average Bonchev–Trinajstić information content (AvgIpc) is 3.10. The normalized spacial score (nSPS) is 15.2. The predicted molar refractivity (Wildman–Crippen MR) is 75.1 cm³/mol. The van der Waals surface area contributed by atoms with E-state index in [1.54, 1.807) is 6.26 Å². The molecule has 0 amide bonds. The van der Waals surface area contributed by atoms with Gasteiger partial charge >= 0.3 is 0 Å². The van der Waals surface area contributed by atoms with Gasteiger partial charge in [-0.2, -0.15) is 0 Å². The van der Waals surface area contributed by atoms with Crippen molar-refractivity contribution in [1.82, 2.24) is 4.90 Å². The van der Waals surface area contributed by atoms with Crippen LogP contribution in [0.25, 0.3) is 0 Å². The highest BCUT2D eigenvalue weighted by atomic mass is 79.9. The smallest absolute Gasteiger partial charge is 0.117 e. The molecule has 3 rings (SSSR count). The molecule has 0 radical (unpaired) electrons. The van der Waals surface area contributed by atoms with Gasteiger partial charge in [0.15, 0.2) is 0 Å². The van der Waals surface area contributed by atoms with E-state index >= 15 is 0 Å². The third-order valence-corrected chi connectivity index (χ3v) is 4.11. The highest BCUT2D eigenvalue weighted by molar-refractivity contribution is 9.10. The molecule has 1 aromatic heterocycles. The molecule has 18 heavy (non-hydrogen) atoms. The Bertz CT molecular complexity index is 505. The fraction of sp³-hybridized carbons (Fsp3) is 0.333. The van der Waals surface area contributed by atoms with Crippen LogP contribution in [0.4, 0.5) is 0 Å². The van der Waals surface area contributed by atoms with Crippen molar-refractivity contribution >= 4 is 15.9 Å². The molecule has 2 nitrogen and oxygen atoms in total. The van der Waals surface area contributed by atoms with Crippen LogP contribution in [-0.2, 0) is 13.1 Å². The average molecular weight is 306 g/mol. The van der Waals surface area contributed by atoms with Crippen molar-refractivity contribution in [3.05, 3.63) is 58.5 Å². The largest absolute Gasteiger partial charge is 0.468 e. The maximum absolute atomic E-state index is 5.46. The SMILES string of the molecule is Brc1ccccc1CN(Cc1ccco1)C1CC1. The Morgan fingerprint density at radius 3 is 2.61 bits per heavy atom. The van der Waals surface area contributed by atoms with Gasteiger partial charge in [-0.25, -0.2) is 0 Å². The summed E-state index contributed by atoms with van der Waals surface area (Å²) in [7, 11) is 0. The maximum Gasteiger partial charge on any atom is 0.117 e. The van der Waals surface area contributed by atoms with E-state index in [0.717, 1.165) is 24.9 Å². The molecule has 0 atom stereocenters. The van der Waals surface area contributed by atoms with Crippen molar-refractivity contribution in [2.75, 3.05) is 0 Å². The van der Waals surface area contributed by atoms with E-state index in [1.165, 1.54) is 22.9 Å². The van der Waals surface area contributed by atoms with Gasteiger partial charge in [-0.1, -0.05) is 34.1 Å². The Kier molecular flexibility index (Phi) is 3.52. The fourth-order valence-corrected chi connectivity index (χ4v) is 2.61. The molecule has 3 heteroatoms. The van der Waals surface area contributed by atoms with E-state index in [0.29, 0.717) is 0 Å². The summed E-state index contributed by atoms with van der Waals surface area (Å²) < 4.78 is 6.65. The molecule has 0 aliphatic heterocycles. The fourth-order valence-electron chi connectivity index (χ4n) is 2.20. The van der Waals surface area contributed by atoms with Gasteiger partial charge in [-0.3, -0.25) is 4.90 Å². The van der Waals surface area contributed by atoms with Gasteiger partial charge in [0.05, 0.1) is 12.8 Å². The number of hydrogen-bond acceptors (Lipinski definition) is 2. The molecule has 0 spiro atoms. The van der Waals surface area contributed by atoms with Gasteiger partial charge in [0.25, 0.3) is 0 Å². The lowest BCUT2D eigenvalue weighted by molar-refractivity contribution is 0.225. The summed E-state index contributed by atoms with van der Waals surface area (Å²) in [5, 5.41) is 0. The zero-order valence-electron chi connectivity index (χ0n) is 10.2. The van der Waals surface area contributed by atoms with Gasteiger partial charge in [-0.05, 0) is 36.6 Å². The Labute approximate surface area is 116 Å². The minimum Gasteiger partial charge on any atom is -0.468 e. The van der Waals surface area contributed by atoms with Gasteiger partial charge in [-0.15, -0.1) is 0 Å². The second-order valence-electron chi connectivity index (χ2n) is 4.81. The molecule has 0 saturated heterocycles. The van der Waals surface area contributed by atoms with E-state index in [1.807, 2.05) is 6.07 Å². The van der Waals surface area contributed by atoms with Crippen LogP contribution in [0.5, 0.6) is 0 Å². The van der Waals surface area contributed by atoms with E-state index in [4.69, 9.17) is 4.42 Å². The van der Waals surface area contributed by atoms with E-state index in [2.05, 4.69) is 51.2 Å². The van der Waals surface area contributed by atoms with Crippen molar-refractivity contribution in [3.63, 3.8) is 0 Å². The summed E-state index contributed by atoms with van der Waals surface area (Å²) in [6.07, 6.45) is 4.37. The minimum absolute atomic E-state index is 0.724. The first-order valence-corrected chi connectivity index (χ1v) is 7.12. The number of benzene rings is 1. The summed E-state index contributed by atoms with van der Waals surface area (Å²) >= 11 is 3.62. The molecular weight excluding hydrogens is 290 g/mol. The molecule has 0 unspecified atom stereocenters. The summed E-state index contributed by atoms with van der Waals surface area (Å²) in [4.78, 5) is 2.50. The van der Waals surface area contributed by atoms with Gasteiger partial charge in [0, 0.05) is 17.1 Å². The molecule has 1 saturated carbocycles. The van der Waals surface area contributed by atoms with Crippen molar-refractivity contribution in [3.8, 4) is 0 Å². The van der Waals surface area contributed by atoms with Crippen LogP contribution in [0.3, 0.4) is 0 Å². The second-order valence-corrected chi connectivity index (χ2v) is 5.66. The number of rotatable bonds is 5. The lowest BCUT2D eigenvalue weighted by atomic mass is 10.2. The summed E-state index contributed by atoms with van der Waals surface area (Å²) in [5.74, 6) is 1.05. The van der Waals surface area contributed by atoms with Crippen LogP contribution < -0.4 is 0 Å². The van der Waals surface area contributed by atoms with Crippen LogP contribution in [-0.4, -0.2) is 10.9 Å². The number of furan rings is 1. The third kappa shape index (κ3) is 2.85. The second kappa shape index (κ2) is 5.29. The standard InChI is InChI=1S/C15H16BrNO/c16-15-6-2-1-4-12(15)10-17(13-7-8-13)11-14-5-3-9-18-14/h1-6,9,13H,7-8,10-11H2. The Morgan fingerprint density at radius 2 is 1.94 bits per heavy atom. The van der Waals surface area contributed by atoms with Crippen LogP contribution in [0.2, 0.25) is 0 Å². The predicted octanol–water partition coefficient (Wildman–Crippen LogP) is 4.21. The van der Waals surface area contributed by atoms with E-state index < -0.39 is 0 Å². The maximum atomic E-state index is 5.46. The topological polar surface area (TPSA) is 16.4 Å². The zero-order chi connectivity index (χ0) is 12.4. The summed E-state index contributed by atoms with van der Waals surface area (Å²) in [6, 6.07) is 13.2. The van der Waals surface area contributed by atoms with Crippen LogP contribution >= 0.6 is 15.9 Å². The number of halogens is 1. The molecule has 0 bridgehead atoms. The molecule has 1 heterocycles. The van der Waals surface area contributed by atoms with Crippen molar-refractivity contribution in [1.29, 1.82) is 0 Å². The van der Waals surface area contributed by atoms with Crippen molar-refractivity contribution in [2.24, 2.45) is 0 Å². The van der Waals surface area contributed by atoms with E-state index in [-0.39, 0.29) is 0 Å². The Morgan fingerprint density at radius 1 is 1.11 bits per heavy atom. The lowest BCUT2D eigenvalue weighted by Crippen LogP contribution is -2.25. The van der Waals surface area contributed by atoms with Gasteiger partial charge in [0.2, 0.25) is 0 Å². The Balaban J connectivity index is 1.73. The van der Waals surface area contributed by atoms with Crippen LogP contribution in [0.15, 0.2) is 51.6 Å². The molecular formula is C15H16BrNO.